The van der Waals surface area contributed by atoms with Crippen molar-refractivity contribution in [1.82, 2.24) is 0 Å². The number of benzene rings is 1. The molecule has 0 aliphatic carbocycles. The van der Waals surface area contributed by atoms with Crippen molar-refractivity contribution in [2.24, 2.45) is 0 Å². The van der Waals surface area contributed by atoms with Crippen molar-refractivity contribution in [2.45, 2.75) is 13.3 Å². The minimum Gasteiger partial charge on any atom is -0.496 e. The molecule has 80 valence electrons. The molecule has 0 aliphatic rings. The van der Waals surface area contributed by atoms with Gasteiger partial charge in [-0.05, 0) is 18.6 Å². The SMILES string of the molecule is COc1cc(C)ccc1C=CCC(=O)O. The summed E-state index contributed by atoms with van der Waals surface area (Å²) >= 11 is 0. The van der Waals surface area contributed by atoms with Crippen molar-refractivity contribution in [3.05, 3.63) is 35.4 Å². The molecule has 0 spiro atoms. The van der Waals surface area contributed by atoms with Gasteiger partial charge in [-0.3, -0.25) is 4.79 Å². The number of ether oxygens (including phenoxy) is 1. The zero-order valence-electron chi connectivity index (χ0n) is 8.86. The second-order valence-electron chi connectivity index (χ2n) is 3.25. The van der Waals surface area contributed by atoms with E-state index in [9.17, 15) is 4.79 Å². The van der Waals surface area contributed by atoms with Crippen LogP contribution >= 0.6 is 0 Å². The molecule has 15 heavy (non-hydrogen) atoms. The summed E-state index contributed by atoms with van der Waals surface area (Å²) in [5, 5.41) is 8.48. The van der Waals surface area contributed by atoms with Gasteiger partial charge in [-0.15, -0.1) is 0 Å². The van der Waals surface area contributed by atoms with E-state index in [1.165, 1.54) is 0 Å². The second-order valence-corrected chi connectivity index (χ2v) is 3.25. The summed E-state index contributed by atoms with van der Waals surface area (Å²) in [4.78, 5) is 10.3. The standard InChI is InChI=1S/C12H14O3/c1-9-6-7-10(11(8-9)15-2)4-3-5-12(13)14/h3-4,6-8H,5H2,1-2H3,(H,13,14). The predicted molar refractivity (Wildman–Crippen MR) is 59.0 cm³/mol. The van der Waals surface area contributed by atoms with Crippen LogP contribution in [0.4, 0.5) is 0 Å². The molecule has 0 radical (unpaired) electrons. The zero-order valence-corrected chi connectivity index (χ0v) is 8.86. The number of hydrogen-bond acceptors (Lipinski definition) is 2. The van der Waals surface area contributed by atoms with Gasteiger partial charge in [-0.2, -0.15) is 0 Å². The van der Waals surface area contributed by atoms with Crippen molar-refractivity contribution >= 4 is 12.0 Å². The number of carboxylic acids is 1. The lowest BCUT2D eigenvalue weighted by atomic mass is 10.1. The molecule has 3 heteroatoms. The minimum atomic E-state index is -0.836. The van der Waals surface area contributed by atoms with Crippen LogP contribution in [-0.4, -0.2) is 18.2 Å². The highest BCUT2D eigenvalue weighted by molar-refractivity contribution is 5.71. The summed E-state index contributed by atoms with van der Waals surface area (Å²) < 4.78 is 5.19. The van der Waals surface area contributed by atoms with E-state index in [4.69, 9.17) is 9.84 Å². The molecule has 0 heterocycles. The summed E-state index contributed by atoms with van der Waals surface area (Å²) in [5.41, 5.74) is 2.01. The van der Waals surface area contributed by atoms with E-state index in [-0.39, 0.29) is 6.42 Å². The Morgan fingerprint density at radius 3 is 2.87 bits per heavy atom. The first kappa shape index (κ1) is 11.3. The maximum atomic E-state index is 10.3. The number of carboxylic acid groups (broad SMARTS) is 1. The van der Waals surface area contributed by atoms with Gasteiger partial charge in [0.05, 0.1) is 13.5 Å². The summed E-state index contributed by atoms with van der Waals surface area (Å²) in [7, 11) is 1.60. The molecule has 1 aromatic rings. The van der Waals surface area contributed by atoms with Crippen molar-refractivity contribution in [3.8, 4) is 5.75 Å². The average molecular weight is 206 g/mol. The van der Waals surface area contributed by atoms with Crippen LogP contribution in [0.2, 0.25) is 0 Å². The molecule has 0 bridgehead atoms. The maximum Gasteiger partial charge on any atom is 0.307 e. The van der Waals surface area contributed by atoms with Crippen molar-refractivity contribution in [1.29, 1.82) is 0 Å². The fraction of sp³-hybridized carbons (Fsp3) is 0.250. The van der Waals surface area contributed by atoms with Gasteiger partial charge in [0, 0.05) is 5.56 Å². The molecule has 1 rings (SSSR count). The summed E-state index contributed by atoms with van der Waals surface area (Å²) in [5.74, 6) is -0.0750. The molecule has 3 nitrogen and oxygen atoms in total. The van der Waals surface area contributed by atoms with Crippen LogP contribution < -0.4 is 4.74 Å². The first-order chi connectivity index (χ1) is 7.13. The lowest BCUT2D eigenvalue weighted by molar-refractivity contribution is -0.135. The van der Waals surface area contributed by atoms with Gasteiger partial charge < -0.3 is 9.84 Å². The summed E-state index contributed by atoms with van der Waals surface area (Å²) in [6, 6.07) is 5.79. The van der Waals surface area contributed by atoms with Crippen LogP contribution in [0.1, 0.15) is 17.5 Å². The Balaban J connectivity index is 2.84. The van der Waals surface area contributed by atoms with Gasteiger partial charge in [0.25, 0.3) is 0 Å². The molecule has 0 aliphatic heterocycles. The Hall–Kier alpha value is -1.77. The third kappa shape index (κ3) is 3.46. The van der Waals surface area contributed by atoms with Crippen molar-refractivity contribution < 1.29 is 14.6 Å². The normalized spacial score (nSPS) is 10.5. The monoisotopic (exact) mass is 206 g/mol. The molecule has 1 N–H and O–H groups in total. The van der Waals surface area contributed by atoms with Crippen LogP contribution in [0, 0.1) is 6.92 Å². The Morgan fingerprint density at radius 1 is 1.53 bits per heavy atom. The minimum absolute atomic E-state index is 0.0248. The molecule has 0 saturated carbocycles. The molecule has 0 aromatic heterocycles. The van der Waals surface area contributed by atoms with Crippen LogP contribution in [0.25, 0.3) is 6.08 Å². The van der Waals surface area contributed by atoms with Gasteiger partial charge in [-0.25, -0.2) is 0 Å². The summed E-state index contributed by atoms with van der Waals surface area (Å²) in [6.45, 7) is 1.98. The number of aliphatic carboxylic acids is 1. The number of methoxy groups -OCH3 is 1. The highest BCUT2D eigenvalue weighted by Crippen LogP contribution is 2.21. The third-order valence-corrected chi connectivity index (χ3v) is 1.98. The van der Waals surface area contributed by atoms with Crippen LogP contribution in [-0.2, 0) is 4.79 Å². The fourth-order valence-electron chi connectivity index (χ4n) is 1.24. The third-order valence-electron chi connectivity index (χ3n) is 1.98. The fourth-order valence-corrected chi connectivity index (χ4v) is 1.24. The molecule has 0 saturated heterocycles. The predicted octanol–water partition coefficient (Wildman–Crippen LogP) is 2.49. The Kier molecular flexibility index (Phi) is 3.92. The van der Waals surface area contributed by atoms with E-state index in [1.54, 1.807) is 19.3 Å². The van der Waals surface area contributed by atoms with E-state index in [2.05, 4.69) is 0 Å². The highest BCUT2D eigenvalue weighted by atomic mass is 16.5. The van der Waals surface area contributed by atoms with Crippen LogP contribution in [0.15, 0.2) is 24.3 Å². The molecular formula is C12H14O3. The maximum absolute atomic E-state index is 10.3. The van der Waals surface area contributed by atoms with Gasteiger partial charge in [0.1, 0.15) is 5.75 Å². The highest BCUT2D eigenvalue weighted by Gasteiger charge is 1.99. The first-order valence-corrected chi connectivity index (χ1v) is 4.66. The summed E-state index contributed by atoms with van der Waals surface area (Å²) in [6.07, 6.45) is 3.39. The van der Waals surface area contributed by atoms with Crippen molar-refractivity contribution in [3.63, 3.8) is 0 Å². The van der Waals surface area contributed by atoms with E-state index in [1.807, 2.05) is 25.1 Å². The topological polar surface area (TPSA) is 46.5 Å². The number of hydrogen-bond donors (Lipinski definition) is 1. The lowest BCUT2D eigenvalue weighted by Gasteiger charge is -2.05. The zero-order chi connectivity index (χ0) is 11.3. The van der Waals surface area contributed by atoms with E-state index in [0.717, 1.165) is 16.9 Å². The van der Waals surface area contributed by atoms with Crippen molar-refractivity contribution in [2.75, 3.05) is 7.11 Å². The first-order valence-electron chi connectivity index (χ1n) is 4.66. The van der Waals surface area contributed by atoms with E-state index in [0.29, 0.717) is 0 Å². The van der Waals surface area contributed by atoms with Gasteiger partial charge in [0.2, 0.25) is 0 Å². The molecular weight excluding hydrogens is 192 g/mol. The molecule has 0 fully saturated rings. The molecule has 0 atom stereocenters. The lowest BCUT2D eigenvalue weighted by Crippen LogP contribution is -1.91. The largest absolute Gasteiger partial charge is 0.496 e. The van der Waals surface area contributed by atoms with Crippen LogP contribution in [0.5, 0.6) is 5.75 Å². The second kappa shape index (κ2) is 5.20. The van der Waals surface area contributed by atoms with Gasteiger partial charge in [-0.1, -0.05) is 24.3 Å². The number of carbonyl (C=O) groups is 1. The molecule has 0 unspecified atom stereocenters. The van der Waals surface area contributed by atoms with Gasteiger partial charge >= 0.3 is 5.97 Å². The quantitative estimate of drug-likeness (QED) is 0.823. The van der Waals surface area contributed by atoms with Gasteiger partial charge in [0.15, 0.2) is 0 Å². The van der Waals surface area contributed by atoms with Crippen LogP contribution in [0.3, 0.4) is 0 Å². The average Bonchev–Trinajstić information content (AvgIpc) is 2.19. The smallest absolute Gasteiger partial charge is 0.307 e. The van der Waals surface area contributed by atoms with E-state index < -0.39 is 5.97 Å². The van der Waals surface area contributed by atoms with E-state index >= 15 is 0 Å². The molecule has 1 aromatic carbocycles. The number of rotatable bonds is 4. The Morgan fingerprint density at radius 2 is 2.27 bits per heavy atom. The Labute approximate surface area is 89.0 Å². The molecule has 0 amide bonds. The Bertz CT molecular complexity index is 380. The number of aryl methyl sites for hydroxylation is 1.